The van der Waals surface area contributed by atoms with Gasteiger partial charge in [0.15, 0.2) is 0 Å². The zero-order valence-electron chi connectivity index (χ0n) is 10.2. The summed E-state index contributed by atoms with van der Waals surface area (Å²) >= 11 is 5.73. The van der Waals surface area contributed by atoms with Crippen LogP contribution in [0, 0.1) is 18.3 Å². The fraction of sp³-hybridized carbons (Fsp3) is 0.0909. The standard InChI is InChI=1S/C11H8ClN5O2S/c1-7-4-10(12)16-11(15-7)17-20(18,19)9-3-2-8(5-13)14-6-9/h2-4,6H,1H3,(H,15,16,17). The van der Waals surface area contributed by atoms with Crippen LogP contribution in [0.15, 0.2) is 29.3 Å². The lowest BCUT2D eigenvalue weighted by Crippen LogP contribution is -2.15. The highest BCUT2D eigenvalue weighted by molar-refractivity contribution is 7.92. The van der Waals surface area contributed by atoms with Gasteiger partial charge in [0, 0.05) is 11.9 Å². The monoisotopic (exact) mass is 309 g/mol. The molecule has 0 atom stereocenters. The van der Waals surface area contributed by atoms with Crippen LogP contribution >= 0.6 is 11.6 Å². The first-order valence-corrected chi connectivity index (χ1v) is 7.17. The summed E-state index contributed by atoms with van der Waals surface area (Å²) in [4.78, 5) is 11.3. The van der Waals surface area contributed by atoms with Gasteiger partial charge in [-0.05, 0) is 25.1 Å². The SMILES string of the molecule is Cc1cc(Cl)nc(NS(=O)(=O)c2ccc(C#N)nc2)n1. The topological polar surface area (TPSA) is 109 Å². The molecule has 102 valence electrons. The van der Waals surface area contributed by atoms with Crippen molar-refractivity contribution in [3.8, 4) is 6.07 Å². The van der Waals surface area contributed by atoms with Gasteiger partial charge in [0.1, 0.15) is 21.8 Å². The van der Waals surface area contributed by atoms with Crippen molar-refractivity contribution in [3.05, 3.63) is 40.9 Å². The van der Waals surface area contributed by atoms with Crippen LogP contribution < -0.4 is 4.72 Å². The van der Waals surface area contributed by atoms with Gasteiger partial charge in [0.05, 0.1) is 0 Å². The molecular weight excluding hydrogens is 302 g/mol. The molecule has 9 heteroatoms. The molecule has 0 amide bonds. The maximum atomic E-state index is 12.1. The summed E-state index contributed by atoms with van der Waals surface area (Å²) < 4.78 is 26.3. The van der Waals surface area contributed by atoms with Gasteiger partial charge >= 0.3 is 0 Å². The van der Waals surface area contributed by atoms with E-state index >= 15 is 0 Å². The normalized spacial score (nSPS) is 10.8. The summed E-state index contributed by atoms with van der Waals surface area (Å²) in [5.41, 5.74) is 0.652. The van der Waals surface area contributed by atoms with Gasteiger partial charge in [-0.3, -0.25) is 0 Å². The summed E-state index contributed by atoms with van der Waals surface area (Å²) in [7, 11) is -3.88. The van der Waals surface area contributed by atoms with Gasteiger partial charge in [-0.25, -0.2) is 28.1 Å². The molecule has 0 aliphatic rings. The fourth-order valence-corrected chi connectivity index (χ4v) is 2.49. The van der Waals surface area contributed by atoms with Crippen LogP contribution in [-0.4, -0.2) is 23.4 Å². The van der Waals surface area contributed by atoms with Crippen LogP contribution in [0.3, 0.4) is 0 Å². The minimum atomic E-state index is -3.88. The molecule has 0 fully saturated rings. The van der Waals surface area contributed by atoms with Crippen molar-refractivity contribution in [1.82, 2.24) is 15.0 Å². The number of hydrogen-bond acceptors (Lipinski definition) is 6. The van der Waals surface area contributed by atoms with Crippen molar-refractivity contribution in [2.24, 2.45) is 0 Å². The first kappa shape index (κ1) is 14.2. The van der Waals surface area contributed by atoms with E-state index in [4.69, 9.17) is 16.9 Å². The van der Waals surface area contributed by atoms with Gasteiger partial charge in [0.25, 0.3) is 10.0 Å². The van der Waals surface area contributed by atoms with E-state index in [0.29, 0.717) is 5.69 Å². The van der Waals surface area contributed by atoms with E-state index in [1.165, 1.54) is 18.2 Å². The Morgan fingerprint density at radius 1 is 1.35 bits per heavy atom. The van der Waals surface area contributed by atoms with Crippen LogP contribution in [0.4, 0.5) is 5.95 Å². The van der Waals surface area contributed by atoms with Crippen molar-refractivity contribution in [2.45, 2.75) is 11.8 Å². The predicted octanol–water partition coefficient (Wildman–Crippen LogP) is 1.51. The molecule has 7 nitrogen and oxygen atoms in total. The molecule has 2 heterocycles. The summed E-state index contributed by atoms with van der Waals surface area (Å²) in [5.74, 6) is -0.126. The van der Waals surface area contributed by atoms with E-state index in [9.17, 15) is 8.42 Å². The van der Waals surface area contributed by atoms with Gasteiger partial charge in [-0.15, -0.1) is 0 Å². The summed E-state index contributed by atoms with van der Waals surface area (Å²) in [6.07, 6.45) is 1.08. The number of hydrogen-bond donors (Lipinski definition) is 1. The highest BCUT2D eigenvalue weighted by Crippen LogP contribution is 2.15. The number of nitrogens with zero attached hydrogens (tertiary/aromatic N) is 4. The molecule has 0 radical (unpaired) electrons. The Bertz CT molecular complexity index is 763. The quantitative estimate of drug-likeness (QED) is 0.861. The minimum absolute atomic E-state index is 0.0993. The van der Waals surface area contributed by atoms with Gasteiger partial charge < -0.3 is 0 Å². The molecule has 2 aromatic heterocycles. The molecular formula is C11H8ClN5O2S. The number of nitriles is 1. The number of rotatable bonds is 3. The summed E-state index contributed by atoms with van der Waals surface area (Å²) in [6.45, 7) is 1.66. The molecule has 0 aliphatic carbocycles. The summed E-state index contributed by atoms with van der Waals surface area (Å²) in [6, 6.07) is 5.88. The van der Waals surface area contributed by atoms with Crippen molar-refractivity contribution < 1.29 is 8.42 Å². The van der Waals surface area contributed by atoms with Crippen LogP contribution in [-0.2, 0) is 10.0 Å². The Balaban J connectivity index is 2.33. The first-order valence-electron chi connectivity index (χ1n) is 5.31. The maximum Gasteiger partial charge on any atom is 0.265 e. The third-order valence-electron chi connectivity index (χ3n) is 2.21. The Labute approximate surface area is 120 Å². The number of aryl methyl sites for hydroxylation is 1. The first-order chi connectivity index (χ1) is 9.40. The van der Waals surface area contributed by atoms with Crippen molar-refractivity contribution in [1.29, 1.82) is 5.26 Å². The van der Waals surface area contributed by atoms with Crippen molar-refractivity contribution in [2.75, 3.05) is 4.72 Å². The van der Waals surface area contributed by atoms with Crippen LogP contribution in [0.2, 0.25) is 5.15 Å². The molecule has 0 unspecified atom stereocenters. The fourth-order valence-electron chi connectivity index (χ4n) is 1.36. The number of pyridine rings is 1. The van der Waals surface area contributed by atoms with E-state index in [-0.39, 0.29) is 21.7 Å². The van der Waals surface area contributed by atoms with E-state index in [2.05, 4.69) is 19.7 Å². The Morgan fingerprint density at radius 2 is 2.10 bits per heavy atom. The van der Waals surface area contributed by atoms with Crippen LogP contribution in [0.5, 0.6) is 0 Å². The average molecular weight is 310 g/mol. The molecule has 1 N–H and O–H groups in total. The number of aromatic nitrogens is 3. The van der Waals surface area contributed by atoms with E-state index < -0.39 is 10.0 Å². The molecule has 2 aromatic rings. The Hall–Kier alpha value is -2.24. The number of halogens is 1. The lowest BCUT2D eigenvalue weighted by Gasteiger charge is -2.07. The molecule has 2 rings (SSSR count). The zero-order valence-corrected chi connectivity index (χ0v) is 11.8. The third-order valence-corrected chi connectivity index (χ3v) is 3.72. The molecule has 0 aromatic carbocycles. The Kier molecular flexibility index (Phi) is 3.83. The highest BCUT2D eigenvalue weighted by Gasteiger charge is 2.16. The predicted molar refractivity (Wildman–Crippen MR) is 71.5 cm³/mol. The van der Waals surface area contributed by atoms with Crippen molar-refractivity contribution in [3.63, 3.8) is 0 Å². The van der Waals surface area contributed by atoms with E-state index in [0.717, 1.165) is 6.20 Å². The van der Waals surface area contributed by atoms with E-state index in [1.54, 1.807) is 13.0 Å². The lowest BCUT2D eigenvalue weighted by molar-refractivity contribution is 0.600. The largest absolute Gasteiger partial charge is 0.265 e. The molecule has 0 saturated heterocycles. The zero-order chi connectivity index (χ0) is 14.8. The van der Waals surface area contributed by atoms with Crippen molar-refractivity contribution >= 4 is 27.6 Å². The highest BCUT2D eigenvalue weighted by atomic mass is 35.5. The lowest BCUT2D eigenvalue weighted by atomic mass is 10.4. The molecule has 0 saturated carbocycles. The van der Waals surface area contributed by atoms with Crippen LogP contribution in [0.25, 0.3) is 0 Å². The number of nitrogens with one attached hydrogen (secondary N) is 1. The van der Waals surface area contributed by atoms with Crippen LogP contribution in [0.1, 0.15) is 11.4 Å². The molecule has 0 aliphatic heterocycles. The minimum Gasteiger partial charge on any atom is -0.247 e. The second kappa shape index (κ2) is 5.40. The van der Waals surface area contributed by atoms with Gasteiger partial charge in [0.2, 0.25) is 5.95 Å². The Morgan fingerprint density at radius 3 is 2.65 bits per heavy atom. The molecule has 0 spiro atoms. The van der Waals surface area contributed by atoms with Gasteiger partial charge in [-0.2, -0.15) is 5.26 Å². The van der Waals surface area contributed by atoms with Gasteiger partial charge in [-0.1, -0.05) is 11.6 Å². The molecule has 0 bridgehead atoms. The second-order valence-corrected chi connectivity index (χ2v) is 5.82. The van der Waals surface area contributed by atoms with E-state index in [1.807, 2.05) is 0 Å². The average Bonchev–Trinajstić information content (AvgIpc) is 2.37. The number of anilines is 1. The maximum absolute atomic E-state index is 12.1. The second-order valence-electron chi connectivity index (χ2n) is 3.75. The summed E-state index contributed by atoms with van der Waals surface area (Å²) in [5, 5.41) is 8.75. The number of sulfonamides is 1. The third kappa shape index (κ3) is 3.20. The smallest absolute Gasteiger partial charge is 0.247 e. The molecule has 20 heavy (non-hydrogen) atoms.